The number of unbranched alkanes of at least 4 members (excludes halogenated alkanes) is 1. The van der Waals surface area contributed by atoms with Gasteiger partial charge in [0.2, 0.25) is 0 Å². The lowest BCUT2D eigenvalue weighted by atomic mass is 10.1. The van der Waals surface area contributed by atoms with Gasteiger partial charge in [-0.25, -0.2) is 4.98 Å². The number of anilines is 3. The quantitative estimate of drug-likeness (QED) is 0.0877. The summed E-state index contributed by atoms with van der Waals surface area (Å²) in [6, 6.07) is 19.7. The molecule has 8 heteroatoms. The number of fused-ring (bicyclic) bond motifs is 2. The van der Waals surface area contributed by atoms with Crippen LogP contribution in [0.25, 0.3) is 21.8 Å². The van der Waals surface area contributed by atoms with Crippen LogP contribution in [0, 0.1) is 0 Å². The number of methoxy groups -OCH3 is 1. The van der Waals surface area contributed by atoms with E-state index in [0.717, 1.165) is 71.4 Å². The van der Waals surface area contributed by atoms with Gasteiger partial charge in [0.05, 0.1) is 24.9 Å². The van der Waals surface area contributed by atoms with E-state index in [1.54, 1.807) is 13.2 Å². The monoisotopic (exact) mass is 526 g/mol. The van der Waals surface area contributed by atoms with Gasteiger partial charge in [0.25, 0.3) is 0 Å². The molecule has 0 aliphatic rings. The smallest absolute Gasteiger partial charge is 0.145 e. The SMILES string of the molecule is COc1cc(N)cc(Nc2c3ccccc3nc3c(OCCCCN(CCCl)CCCl)cccc23)c1. The van der Waals surface area contributed by atoms with Crippen LogP contribution in [0.1, 0.15) is 12.8 Å². The molecule has 0 aliphatic carbocycles. The summed E-state index contributed by atoms with van der Waals surface area (Å²) in [5.74, 6) is 2.69. The molecule has 190 valence electrons. The number of aromatic nitrogens is 1. The molecule has 3 N–H and O–H groups in total. The first-order chi connectivity index (χ1) is 17.6. The molecule has 6 nitrogen and oxygen atoms in total. The molecule has 36 heavy (non-hydrogen) atoms. The first-order valence-corrected chi connectivity index (χ1v) is 13.2. The van der Waals surface area contributed by atoms with Crippen LogP contribution in [0.15, 0.2) is 60.7 Å². The summed E-state index contributed by atoms with van der Waals surface area (Å²) in [7, 11) is 1.63. The van der Waals surface area contributed by atoms with Gasteiger partial charge in [-0.3, -0.25) is 0 Å². The lowest BCUT2D eigenvalue weighted by molar-refractivity contribution is 0.269. The van der Waals surface area contributed by atoms with Crippen LogP contribution in [0.2, 0.25) is 0 Å². The van der Waals surface area contributed by atoms with Crippen molar-refractivity contribution >= 4 is 62.1 Å². The average molecular weight is 527 g/mol. The van der Waals surface area contributed by atoms with Gasteiger partial charge in [0.1, 0.15) is 17.0 Å². The number of nitrogen functional groups attached to an aromatic ring is 1. The van der Waals surface area contributed by atoms with Crippen molar-refractivity contribution < 1.29 is 9.47 Å². The highest BCUT2D eigenvalue weighted by atomic mass is 35.5. The number of hydrogen-bond acceptors (Lipinski definition) is 6. The van der Waals surface area contributed by atoms with Crippen molar-refractivity contribution in [1.82, 2.24) is 9.88 Å². The van der Waals surface area contributed by atoms with E-state index in [0.29, 0.717) is 29.8 Å². The Bertz CT molecular complexity index is 1300. The summed E-state index contributed by atoms with van der Waals surface area (Å²) in [6.07, 6.45) is 1.94. The Kier molecular flexibility index (Phi) is 9.34. The molecule has 0 fully saturated rings. The Hall–Kier alpha value is -2.93. The zero-order chi connectivity index (χ0) is 25.3. The molecular weight excluding hydrogens is 495 g/mol. The molecule has 4 rings (SSSR count). The van der Waals surface area contributed by atoms with Crippen molar-refractivity contribution in [1.29, 1.82) is 0 Å². The van der Waals surface area contributed by atoms with E-state index < -0.39 is 0 Å². The second-order valence-electron chi connectivity index (χ2n) is 8.55. The number of nitrogens with zero attached hydrogens (tertiary/aromatic N) is 2. The van der Waals surface area contributed by atoms with Crippen molar-refractivity contribution in [2.75, 3.05) is 56.2 Å². The van der Waals surface area contributed by atoms with E-state index in [1.807, 2.05) is 42.5 Å². The molecule has 0 atom stereocenters. The fraction of sp³-hybridized carbons (Fsp3) is 0.321. The minimum Gasteiger partial charge on any atom is -0.497 e. The average Bonchev–Trinajstić information content (AvgIpc) is 2.88. The molecule has 0 radical (unpaired) electrons. The standard InChI is InChI=1S/C28H32Cl2N4O2/c1-35-22-18-20(31)17-21(19-22)32-27-23-7-2-3-9-25(23)33-28-24(27)8-6-10-26(28)36-16-5-4-13-34(14-11-29)15-12-30/h2-3,6-10,17-19H,4-5,11-16,31H2,1H3,(H,32,33). The molecular formula is C28H32Cl2N4O2. The van der Waals surface area contributed by atoms with Crippen LogP contribution in [-0.2, 0) is 0 Å². The Morgan fingerprint density at radius 1 is 0.917 bits per heavy atom. The highest BCUT2D eigenvalue weighted by molar-refractivity contribution is 6.18. The maximum absolute atomic E-state index is 6.23. The molecule has 0 amide bonds. The first-order valence-electron chi connectivity index (χ1n) is 12.1. The number of hydrogen-bond donors (Lipinski definition) is 2. The number of halogens is 2. The molecule has 0 saturated heterocycles. The van der Waals surface area contributed by atoms with Gasteiger partial charge >= 0.3 is 0 Å². The third-order valence-electron chi connectivity index (χ3n) is 6.04. The predicted octanol–water partition coefficient (Wildman–Crippen LogP) is 6.66. The molecule has 4 aromatic rings. The molecule has 0 saturated carbocycles. The minimum atomic E-state index is 0.610. The van der Waals surface area contributed by atoms with E-state index in [4.69, 9.17) is 43.4 Å². The van der Waals surface area contributed by atoms with Crippen LogP contribution in [0.3, 0.4) is 0 Å². The zero-order valence-electron chi connectivity index (χ0n) is 20.5. The van der Waals surface area contributed by atoms with Gasteiger partial charge < -0.3 is 25.4 Å². The fourth-order valence-corrected chi connectivity index (χ4v) is 4.77. The van der Waals surface area contributed by atoms with Crippen LogP contribution in [-0.4, -0.2) is 55.0 Å². The third kappa shape index (κ3) is 6.44. The fourth-order valence-electron chi connectivity index (χ4n) is 4.29. The van der Waals surface area contributed by atoms with Crippen molar-refractivity contribution in [3.63, 3.8) is 0 Å². The van der Waals surface area contributed by atoms with Crippen molar-refractivity contribution in [3.05, 3.63) is 60.7 Å². The van der Waals surface area contributed by atoms with Gasteiger partial charge in [0, 0.05) is 59.1 Å². The van der Waals surface area contributed by atoms with E-state index in [9.17, 15) is 0 Å². The second-order valence-corrected chi connectivity index (χ2v) is 9.31. The molecule has 0 unspecified atom stereocenters. The molecule has 3 aromatic carbocycles. The maximum atomic E-state index is 6.23. The van der Waals surface area contributed by atoms with Gasteiger partial charge in [-0.05, 0) is 37.6 Å². The molecule has 1 aromatic heterocycles. The Balaban J connectivity index is 1.58. The number of nitrogens with one attached hydrogen (secondary N) is 1. The van der Waals surface area contributed by atoms with Crippen LogP contribution < -0.4 is 20.5 Å². The maximum Gasteiger partial charge on any atom is 0.145 e. The summed E-state index contributed by atoms with van der Waals surface area (Å²) in [4.78, 5) is 7.24. The number of para-hydroxylation sites is 2. The van der Waals surface area contributed by atoms with Crippen molar-refractivity contribution in [3.8, 4) is 11.5 Å². The molecule has 0 spiro atoms. The predicted molar refractivity (Wildman–Crippen MR) is 153 cm³/mol. The zero-order valence-corrected chi connectivity index (χ0v) is 22.0. The lowest BCUT2D eigenvalue weighted by Gasteiger charge is -2.20. The minimum absolute atomic E-state index is 0.610. The molecule has 0 aliphatic heterocycles. The Labute approximate surface area is 222 Å². The number of benzene rings is 3. The van der Waals surface area contributed by atoms with Gasteiger partial charge in [-0.2, -0.15) is 0 Å². The van der Waals surface area contributed by atoms with Gasteiger partial charge in [-0.1, -0.05) is 30.3 Å². The van der Waals surface area contributed by atoms with E-state index in [2.05, 4.69) is 22.3 Å². The number of alkyl halides is 2. The normalized spacial score (nSPS) is 11.3. The van der Waals surface area contributed by atoms with E-state index >= 15 is 0 Å². The van der Waals surface area contributed by atoms with E-state index in [1.165, 1.54) is 0 Å². The molecule has 0 bridgehead atoms. The Morgan fingerprint density at radius 2 is 1.69 bits per heavy atom. The summed E-state index contributed by atoms with van der Waals surface area (Å²) >= 11 is 11.8. The lowest BCUT2D eigenvalue weighted by Crippen LogP contribution is -2.29. The summed E-state index contributed by atoms with van der Waals surface area (Å²) in [5.41, 5.74) is 10.2. The Morgan fingerprint density at radius 3 is 2.47 bits per heavy atom. The summed E-state index contributed by atoms with van der Waals surface area (Å²) in [5, 5.41) is 5.55. The summed E-state index contributed by atoms with van der Waals surface area (Å²) in [6.45, 7) is 3.27. The van der Waals surface area contributed by atoms with Gasteiger partial charge in [-0.15, -0.1) is 23.2 Å². The van der Waals surface area contributed by atoms with E-state index in [-0.39, 0.29) is 0 Å². The number of rotatable bonds is 13. The largest absolute Gasteiger partial charge is 0.497 e. The third-order valence-corrected chi connectivity index (χ3v) is 6.37. The summed E-state index contributed by atoms with van der Waals surface area (Å²) < 4.78 is 11.6. The van der Waals surface area contributed by atoms with Crippen LogP contribution in [0.5, 0.6) is 11.5 Å². The first kappa shape index (κ1) is 26.1. The van der Waals surface area contributed by atoms with Crippen LogP contribution in [0.4, 0.5) is 17.1 Å². The van der Waals surface area contributed by atoms with Crippen molar-refractivity contribution in [2.45, 2.75) is 12.8 Å². The van der Waals surface area contributed by atoms with Crippen molar-refractivity contribution in [2.24, 2.45) is 0 Å². The van der Waals surface area contributed by atoms with Gasteiger partial charge in [0.15, 0.2) is 0 Å². The topological polar surface area (TPSA) is 72.6 Å². The number of pyridine rings is 1. The number of nitrogens with two attached hydrogens (primary N) is 1. The van der Waals surface area contributed by atoms with Crippen LogP contribution >= 0.6 is 23.2 Å². The highest BCUT2D eigenvalue weighted by Gasteiger charge is 2.14. The number of ether oxygens (including phenoxy) is 2. The molecule has 1 heterocycles. The highest BCUT2D eigenvalue weighted by Crippen LogP contribution is 2.37. The second kappa shape index (κ2) is 12.9.